The first-order valence-electron chi connectivity index (χ1n) is 7.47. The van der Waals surface area contributed by atoms with E-state index in [9.17, 15) is 18.4 Å². The van der Waals surface area contributed by atoms with Crippen molar-refractivity contribution < 1.29 is 23.1 Å². The minimum atomic E-state index is -0.751. The monoisotopic (exact) mass is 365 g/mol. The summed E-state index contributed by atoms with van der Waals surface area (Å²) in [6.45, 7) is 1.06. The summed E-state index contributed by atoms with van der Waals surface area (Å²) in [5.74, 6) is -2.63. The zero-order chi connectivity index (χ0) is 18.4. The van der Waals surface area contributed by atoms with E-state index in [1.54, 1.807) is 31.2 Å². The molecule has 0 aliphatic rings. The van der Waals surface area contributed by atoms with Gasteiger partial charge in [-0.3, -0.25) is 4.79 Å². The molecule has 0 radical (unpaired) electrons. The number of carbonyl (C=O) groups excluding carboxylic acids is 2. The molecule has 7 heteroatoms. The van der Waals surface area contributed by atoms with E-state index in [-0.39, 0.29) is 5.56 Å². The van der Waals surface area contributed by atoms with Crippen molar-refractivity contribution in [1.29, 1.82) is 0 Å². The molecule has 0 saturated carbocycles. The Bertz CT molecular complexity index is 783. The van der Waals surface area contributed by atoms with Crippen molar-refractivity contribution >= 4 is 23.6 Å². The number of halogens is 2. The maximum Gasteiger partial charge on any atom is 0.339 e. The lowest BCUT2D eigenvalue weighted by atomic mass is 10.1. The van der Waals surface area contributed by atoms with Gasteiger partial charge in [0.1, 0.15) is 11.6 Å². The van der Waals surface area contributed by atoms with E-state index >= 15 is 0 Å². The fourth-order valence-electron chi connectivity index (χ4n) is 2.24. The van der Waals surface area contributed by atoms with Gasteiger partial charge in [0, 0.05) is 16.5 Å². The van der Waals surface area contributed by atoms with Crippen LogP contribution in [0.3, 0.4) is 0 Å². The quantitative estimate of drug-likeness (QED) is 0.626. The molecule has 0 bridgehead atoms. The van der Waals surface area contributed by atoms with E-state index in [0.29, 0.717) is 5.56 Å². The third-order valence-electron chi connectivity index (χ3n) is 3.47. The van der Waals surface area contributed by atoms with Crippen LogP contribution in [0.25, 0.3) is 0 Å². The molecule has 0 aliphatic heterocycles. The molecule has 2 aromatic rings. The largest absolute Gasteiger partial charge is 0.452 e. The Balaban J connectivity index is 1.93. The average Bonchev–Trinajstić information content (AvgIpc) is 2.59. The minimum absolute atomic E-state index is 0.147. The van der Waals surface area contributed by atoms with Crippen molar-refractivity contribution in [2.45, 2.75) is 17.9 Å². The highest BCUT2D eigenvalue weighted by atomic mass is 32.2. The van der Waals surface area contributed by atoms with Crippen LogP contribution in [-0.2, 0) is 9.53 Å². The van der Waals surface area contributed by atoms with Crippen LogP contribution >= 0.6 is 11.8 Å². The number of hydrogen-bond donors (Lipinski definition) is 1. The standard InChI is InChI=1S/C18H17F2NO3S/c1-11(13-8-7-12(19)9-15(13)20)21-17(22)10-24-18(23)14-5-3-4-6-16(14)25-2/h3-9,11H,10H2,1-2H3,(H,21,22)/t11-/m1/s1. The number of hydrogen-bond acceptors (Lipinski definition) is 4. The minimum Gasteiger partial charge on any atom is -0.452 e. The van der Waals surface area contributed by atoms with Crippen LogP contribution < -0.4 is 5.32 Å². The summed E-state index contributed by atoms with van der Waals surface area (Å²) in [4.78, 5) is 24.7. The van der Waals surface area contributed by atoms with Crippen LogP contribution in [0.1, 0.15) is 28.9 Å². The first-order chi connectivity index (χ1) is 11.9. The van der Waals surface area contributed by atoms with E-state index in [1.807, 2.05) is 6.26 Å². The van der Waals surface area contributed by atoms with E-state index in [2.05, 4.69) is 5.32 Å². The van der Waals surface area contributed by atoms with E-state index in [4.69, 9.17) is 4.74 Å². The molecule has 0 spiro atoms. The summed E-state index contributed by atoms with van der Waals surface area (Å²) in [6, 6.07) is 9.33. The highest BCUT2D eigenvalue weighted by Gasteiger charge is 2.17. The zero-order valence-corrected chi connectivity index (χ0v) is 14.5. The molecule has 4 nitrogen and oxygen atoms in total. The molecule has 1 N–H and O–H groups in total. The van der Waals surface area contributed by atoms with Gasteiger partial charge in [-0.1, -0.05) is 18.2 Å². The van der Waals surface area contributed by atoms with Crippen LogP contribution in [0.5, 0.6) is 0 Å². The van der Waals surface area contributed by atoms with Gasteiger partial charge in [0.05, 0.1) is 11.6 Å². The Hall–Kier alpha value is -2.41. The van der Waals surface area contributed by atoms with Crippen molar-refractivity contribution in [3.8, 4) is 0 Å². The molecule has 0 fully saturated rings. The molecule has 2 rings (SSSR count). The highest BCUT2D eigenvalue weighted by molar-refractivity contribution is 7.98. The Morgan fingerprint density at radius 2 is 1.92 bits per heavy atom. The normalized spacial score (nSPS) is 11.7. The first-order valence-corrected chi connectivity index (χ1v) is 8.69. The Kier molecular flexibility index (Phi) is 6.52. The maximum atomic E-state index is 13.7. The van der Waals surface area contributed by atoms with E-state index in [0.717, 1.165) is 17.0 Å². The smallest absolute Gasteiger partial charge is 0.339 e. The van der Waals surface area contributed by atoms with Gasteiger partial charge in [-0.25, -0.2) is 13.6 Å². The molecular formula is C18H17F2NO3S. The third kappa shape index (κ3) is 5.03. The molecule has 0 aromatic heterocycles. The number of rotatable bonds is 6. The zero-order valence-electron chi connectivity index (χ0n) is 13.7. The summed E-state index contributed by atoms with van der Waals surface area (Å²) >= 11 is 1.39. The number of amides is 1. The molecule has 0 heterocycles. The number of benzene rings is 2. The lowest BCUT2D eigenvalue weighted by Crippen LogP contribution is -2.31. The number of thioether (sulfide) groups is 1. The second-order valence-electron chi connectivity index (χ2n) is 5.23. The van der Waals surface area contributed by atoms with Crippen molar-refractivity contribution in [3.63, 3.8) is 0 Å². The van der Waals surface area contributed by atoms with Crippen LogP contribution in [0.15, 0.2) is 47.4 Å². The summed E-state index contributed by atoms with van der Waals surface area (Å²) in [7, 11) is 0. The molecule has 1 atom stereocenters. The van der Waals surface area contributed by atoms with Crippen molar-refractivity contribution in [1.82, 2.24) is 5.32 Å². The molecule has 25 heavy (non-hydrogen) atoms. The third-order valence-corrected chi connectivity index (χ3v) is 4.26. The van der Waals surface area contributed by atoms with Crippen molar-refractivity contribution in [2.24, 2.45) is 0 Å². The van der Waals surface area contributed by atoms with Gasteiger partial charge in [-0.15, -0.1) is 11.8 Å². The number of nitrogens with one attached hydrogen (secondary N) is 1. The number of ether oxygens (including phenoxy) is 1. The number of esters is 1. The lowest BCUT2D eigenvalue weighted by Gasteiger charge is -2.15. The summed E-state index contributed by atoms with van der Waals surface area (Å²) in [6.07, 6.45) is 1.83. The molecule has 0 unspecified atom stereocenters. The van der Waals surface area contributed by atoms with Crippen molar-refractivity contribution in [2.75, 3.05) is 12.9 Å². The molecule has 1 amide bonds. The summed E-state index contributed by atoms with van der Waals surface area (Å²) < 4.78 is 31.6. The molecular weight excluding hydrogens is 348 g/mol. The van der Waals surface area contributed by atoms with Crippen LogP contribution in [0.2, 0.25) is 0 Å². The summed E-state index contributed by atoms with van der Waals surface area (Å²) in [5, 5.41) is 2.51. The highest BCUT2D eigenvalue weighted by Crippen LogP contribution is 2.21. The lowest BCUT2D eigenvalue weighted by molar-refractivity contribution is -0.124. The predicted molar refractivity (Wildman–Crippen MR) is 91.4 cm³/mol. The van der Waals surface area contributed by atoms with Gasteiger partial charge in [0.25, 0.3) is 5.91 Å². The second-order valence-corrected chi connectivity index (χ2v) is 6.08. The Morgan fingerprint density at radius 3 is 2.60 bits per heavy atom. The molecule has 2 aromatic carbocycles. The molecule has 0 aliphatic carbocycles. The van der Waals surface area contributed by atoms with Gasteiger partial charge in [0.15, 0.2) is 6.61 Å². The van der Waals surface area contributed by atoms with Gasteiger partial charge < -0.3 is 10.1 Å². The van der Waals surface area contributed by atoms with Crippen molar-refractivity contribution in [3.05, 3.63) is 65.2 Å². The maximum absolute atomic E-state index is 13.7. The van der Waals surface area contributed by atoms with Gasteiger partial charge in [-0.05, 0) is 31.4 Å². The fraction of sp³-hybridized carbons (Fsp3) is 0.222. The molecule has 132 valence electrons. The first kappa shape index (κ1) is 18.9. The molecule has 0 saturated heterocycles. The Labute approximate surface area is 148 Å². The summed E-state index contributed by atoms with van der Waals surface area (Å²) in [5.41, 5.74) is 0.522. The second kappa shape index (κ2) is 8.62. The fourth-order valence-corrected chi connectivity index (χ4v) is 2.82. The van der Waals surface area contributed by atoms with E-state index < -0.39 is 36.2 Å². The van der Waals surface area contributed by atoms with Gasteiger partial charge >= 0.3 is 5.97 Å². The van der Waals surface area contributed by atoms with Crippen LogP contribution in [-0.4, -0.2) is 24.7 Å². The van der Waals surface area contributed by atoms with Gasteiger partial charge in [0.2, 0.25) is 0 Å². The topological polar surface area (TPSA) is 55.4 Å². The van der Waals surface area contributed by atoms with Gasteiger partial charge in [-0.2, -0.15) is 0 Å². The number of carbonyl (C=O) groups is 2. The van der Waals surface area contributed by atoms with Crippen LogP contribution in [0, 0.1) is 11.6 Å². The van der Waals surface area contributed by atoms with E-state index in [1.165, 1.54) is 17.8 Å². The predicted octanol–water partition coefficient (Wildman–Crippen LogP) is 3.72. The SMILES string of the molecule is CSc1ccccc1C(=O)OCC(=O)N[C@H](C)c1ccc(F)cc1F. The average molecular weight is 365 g/mol. The Morgan fingerprint density at radius 1 is 1.20 bits per heavy atom. The van der Waals surface area contributed by atoms with Crippen LogP contribution in [0.4, 0.5) is 8.78 Å².